The Morgan fingerprint density at radius 1 is 1.03 bits per heavy atom. The standard InChI is InChI=1S/C24H24ClN3O2/c1-26-24(30)22-14-18-6-2-3-7-19(18)16-28(22)23(29)15-21(27-12-4-5-13-27)17-8-10-20(25)11-9-17/h2-13,21-22H,14-16H2,1H3,(H,26,30)/t21?,22-/m0/s1. The minimum Gasteiger partial charge on any atom is -0.357 e. The Bertz CT molecular complexity index is 1030. The smallest absolute Gasteiger partial charge is 0.242 e. The molecule has 0 radical (unpaired) electrons. The van der Waals surface area contributed by atoms with E-state index in [1.807, 2.05) is 77.6 Å². The van der Waals surface area contributed by atoms with E-state index in [4.69, 9.17) is 11.6 Å². The highest BCUT2D eigenvalue weighted by Gasteiger charge is 2.35. The number of rotatable bonds is 5. The van der Waals surface area contributed by atoms with Crippen molar-refractivity contribution in [2.24, 2.45) is 0 Å². The van der Waals surface area contributed by atoms with Crippen molar-refractivity contribution in [1.29, 1.82) is 0 Å². The number of nitrogens with zero attached hydrogens (tertiary/aromatic N) is 2. The van der Waals surface area contributed by atoms with Crippen LogP contribution < -0.4 is 5.32 Å². The minimum atomic E-state index is -0.507. The topological polar surface area (TPSA) is 54.3 Å². The predicted molar refractivity (Wildman–Crippen MR) is 117 cm³/mol. The summed E-state index contributed by atoms with van der Waals surface area (Å²) >= 11 is 6.06. The molecule has 2 atom stereocenters. The maximum absolute atomic E-state index is 13.5. The van der Waals surface area contributed by atoms with Crippen molar-refractivity contribution in [3.63, 3.8) is 0 Å². The first kappa shape index (κ1) is 20.2. The molecule has 2 amide bonds. The number of hydrogen-bond acceptors (Lipinski definition) is 2. The van der Waals surface area contributed by atoms with Gasteiger partial charge in [0.2, 0.25) is 11.8 Å². The van der Waals surface area contributed by atoms with Crippen molar-refractivity contribution in [2.45, 2.75) is 31.5 Å². The van der Waals surface area contributed by atoms with Gasteiger partial charge in [-0.1, -0.05) is 48.0 Å². The zero-order chi connectivity index (χ0) is 21.1. The molecular formula is C24H24ClN3O2. The van der Waals surface area contributed by atoms with Gasteiger partial charge in [-0.05, 0) is 41.0 Å². The Hall–Kier alpha value is -3.05. The van der Waals surface area contributed by atoms with Crippen LogP contribution in [0.5, 0.6) is 0 Å². The van der Waals surface area contributed by atoms with Crippen molar-refractivity contribution >= 4 is 23.4 Å². The van der Waals surface area contributed by atoms with Crippen LogP contribution in [0.25, 0.3) is 0 Å². The Labute approximate surface area is 181 Å². The number of carbonyl (C=O) groups excluding carboxylic acids is 2. The third-order valence-electron chi connectivity index (χ3n) is 5.73. The van der Waals surface area contributed by atoms with E-state index in [2.05, 4.69) is 5.32 Å². The third kappa shape index (κ3) is 4.12. The van der Waals surface area contributed by atoms with Gasteiger partial charge in [-0.25, -0.2) is 0 Å². The number of fused-ring (bicyclic) bond motifs is 1. The Kier molecular flexibility index (Phi) is 5.91. The summed E-state index contributed by atoms with van der Waals surface area (Å²) in [6.45, 7) is 0.437. The first-order valence-corrected chi connectivity index (χ1v) is 10.4. The zero-order valence-electron chi connectivity index (χ0n) is 16.8. The highest BCUT2D eigenvalue weighted by Crippen LogP contribution is 2.29. The number of nitrogens with one attached hydrogen (secondary N) is 1. The molecule has 154 valence electrons. The molecular weight excluding hydrogens is 398 g/mol. The summed E-state index contributed by atoms with van der Waals surface area (Å²) in [7, 11) is 1.61. The molecule has 2 heterocycles. The average Bonchev–Trinajstić information content (AvgIpc) is 3.31. The molecule has 0 aliphatic carbocycles. The van der Waals surface area contributed by atoms with Gasteiger partial charge in [-0.2, -0.15) is 0 Å². The molecule has 4 rings (SSSR count). The first-order chi connectivity index (χ1) is 14.6. The second-order valence-corrected chi connectivity index (χ2v) is 7.96. The van der Waals surface area contributed by atoms with Crippen LogP contribution in [-0.2, 0) is 22.6 Å². The highest BCUT2D eigenvalue weighted by molar-refractivity contribution is 6.30. The fraction of sp³-hybridized carbons (Fsp3) is 0.250. The lowest BCUT2D eigenvalue weighted by atomic mass is 9.92. The molecule has 0 saturated heterocycles. The van der Waals surface area contributed by atoms with Gasteiger partial charge in [0, 0.05) is 37.4 Å². The predicted octanol–water partition coefficient (Wildman–Crippen LogP) is 3.82. The van der Waals surface area contributed by atoms with E-state index < -0.39 is 6.04 Å². The van der Waals surface area contributed by atoms with E-state index in [9.17, 15) is 9.59 Å². The quantitative estimate of drug-likeness (QED) is 0.680. The summed E-state index contributed by atoms with van der Waals surface area (Å²) in [5, 5.41) is 3.37. The van der Waals surface area contributed by atoms with E-state index in [0.717, 1.165) is 16.7 Å². The molecule has 1 aliphatic heterocycles. The molecule has 1 aliphatic rings. The first-order valence-electron chi connectivity index (χ1n) is 10.0. The largest absolute Gasteiger partial charge is 0.357 e. The molecule has 2 aromatic carbocycles. The van der Waals surface area contributed by atoms with Crippen molar-refractivity contribution in [1.82, 2.24) is 14.8 Å². The second kappa shape index (κ2) is 8.76. The van der Waals surface area contributed by atoms with Crippen molar-refractivity contribution < 1.29 is 9.59 Å². The second-order valence-electron chi connectivity index (χ2n) is 7.53. The molecule has 0 bridgehead atoms. The maximum atomic E-state index is 13.5. The summed E-state index contributed by atoms with van der Waals surface area (Å²) in [6.07, 6.45) is 4.69. The van der Waals surface area contributed by atoms with Crippen molar-refractivity contribution in [2.75, 3.05) is 7.05 Å². The Balaban J connectivity index is 1.63. The Morgan fingerprint density at radius 3 is 2.37 bits per heavy atom. The number of likely N-dealkylation sites (N-methyl/N-ethyl adjacent to an activating group) is 1. The fourth-order valence-corrected chi connectivity index (χ4v) is 4.23. The Morgan fingerprint density at radius 2 is 1.70 bits per heavy atom. The third-order valence-corrected chi connectivity index (χ3v) is 5.98. The lowest BCUT2D eigenvalue weighted by Gasteiger charge is -2.36. The summed E-state index contributed by atoms with van der Waals surface area (Å²) in [5.41, 5.74) is 3.21. The van der Waals surface area contributed by atoms with Crippen LogP contribution >= 0.6 is 11.6 Å². The molecule has 5 nitrogen and oxygen atoms in total. The summed E-state index contributed by atoms with van der Waals surface area (Å²) in [6, 6.07) is 18.8. The van der Waals surface area contributed by atoms with Gasteiger partial charge in [0.25, 0.3) is 0 Å². The van der Waals surface area contributed by atoms with Gasteiger partial charge in [0.15, 0.2) is 0 Å². The van der Waals surface area contributed by atoms with Crippen LogP contribution in [0.3, 0.4) is 0 Å². The average molecular weight is 422 g/mol. The van der Waals surface area contributed by atoms with Gasteiger partial charge in [-0.15, -0.1) is 0 Å². The molecule has 0 fully saturated rings. The summed E-state index contributed by atoms with van der Waals surface area (Å²) in [5.74, 6) is -0.186. The van der Waals surface area contributed by atoms with Crippen LogP contribution in [-0.4, -0.2) is 34.4 Å². The molecule has 1 aromatic heterocycles. The molecule has 6 heteroatoms. The number of halogens is 1. The van der Waals surface area contributed by atoms with Gasteiger partial charge < -0.3 is 14.8 Å². The number of carbonyl (C=O) groups is 2. The molecule has 3 aromatic rings. The van der Waals surface area contributed by atoms with E-state index in [1.54, 1.807) is 11.9 Å². The van der Waals surface area contributed by atoms with E-state index >= 15 is 0 Å². The van der Waals surface area contributed by atoms with Gasteiger partial charge in [-0.3, -0.25) is 9.59 Å². The number of amides is 2. The lowest BCUT2D eigenvalue weighted by Crippen LogP contribution is -2.52. The SMILES string of the molecule is CNC(=O)[C@@H]1Cc2ccccc2CN1C(=O)CC(c1ccc(Cl)cc1)n1cccc1. The number of hydrogen-bond donors (Lipinski definition) is 1. The zero-order valence-corrected chi connectivity index (χ0v) is 17.5. The monoisotopic (exact) mass is 421 g/mol. The fourth-order valence-electron chi connectivity index (χ4n) is 4.10. The van der Waals surface area contributed by atoms with Crippen molar-refractivity contribution in [3.05, 3.63) is 94.8 Å². The van der Waals surface area contributed by atoms with Crippen LogP contribution in [0.4, 0.5) is 0 Å². The van der Waals surface area contributed by atoms with E-state index in [1.165, 1.54) is 0 Å². The van der Waals surface area contributed by atoms with E-state index in [0.29, 0.717) is 18.0 Å². The molecule has 0 spiro atoms. The number of benzene rings is 2. The maximum Gasteiger partial charge on any atom is 0.242 e. The van der Waals surface area contributed by atoms with Gasteiger partial charge in [0.1, 0.15) is 6.04 Å². The van der Waals surface area contributed by atoms with Crippen LogP contribution in [0.2, 0.25) is 5.02 Å². The van der Waals surface area contributed by atoms with E-state index in [-0.39, 0.29) is 24.3 Å². The highest BCUT2D eigenvalue weighted by atomic mass is 35.5. The van der Waals surface area contributed by atoms with Crippen molar-refractivity contribution in [3.8, 4) is 0 Å². The van der Waals surface area contributed by atoms with Crippen LogP contribution in [0.15, 0.2) is 73.1 Å². The molecule has 1 N–H and O–H groups in total. The van der Waals surface area contributed by atoms with Crippen LogP contribution in [0.1, 0.15) is 29.2 Å². The molecule has 0 saturated carbocycles. The van der Waals surface area contributed by atoms with Gasteiger partial charge >= 0.3 is 0 Å². The number of aromatic nitrogens is 1. The normalized spacial score (nSPS) is 16.6. The van der Waals surface area contributed by atoms with Gasteiger partial charge in [0.05, 0.1) is 12.5 Å². The minimum absolute atomic E-state index is 0.0493. The summed E-state index contributed by atoms with van der Waals surface area (Å²) < 4.78 is 2.02. The molecule has 1 unspecified atom stereocenters. The van der Waals surface area contributed by atoms with Crippen LogP contribution in [0, 0.1) is 0 Å². The summed E-state index contributed by atoms with van der Waals surface area (Å²) in [4.78, 5) is 27.8. The molecule has 30 heavy (non-hydrogen) atoms. The lowest BCUT2D eigenvalue weighted by molar-refractivity contribution is -0.142.